The highest BCUT2D eigenvalue weighted by Crippen LogP contribution is 2.24. The van der Waals surface area contributed by atoms with Crippen molar-refractivity contribution in [2.75, 3.05) is 7.11 Å². The molecular formula is C23H23N3O5. The zero-order valence-corrected chi connectivity index (χ0v) is 17.2. The smallest absolute Gasteiger partial charge is 0.358 e. The standard InChI is InChI=1S/C23H23N3O5/c1-16(18-11-12-24-21-10-6-5-9-20(18)21)31-25-13-14-30-15-17-7-3-4-8-19(17)22(23(27)28)26-29-2/h3-14,16,25H,15H2,1-2H3,(H,27,28). The molecule has 0 saturated heterocycles. The van der Waals surface area contributed by atoms with Crippen molar-refractivity contribution in [2.45, 2.75) is 19.6 Å². The zero-order chi connectivity index (χ0) is 22.1. The van der Waals surface area contributed by atoms with Crippen molar-refractivity contribution in [1.29, 1.82) is 0 Å². The molecule has 2 aromatic carbocycles. The Morgan fingerprint density at radius 1 is 1.19 bits per heavy atom. The molecule has 8 nitrogen and oxygen atoms in total. The SMILES string of the molecule is CON=C(C(=O)O)c1ccccc1COC=CNOC(C)c1ccnc2ccccc12. The van der Waals surface area contributed by atoms with Crippen LogP contribution in [0.4, 0.5) is 0 Å². The van der Waals surface area contributed by atoms with Gasteiger partial charge in [0, 0.05) is 17.1 Å². The van der Waals surface area contributed by atoms with Gasteiger partial charge in [-0.3, -0.25) is 15.3 Å². The molecule has 1 heterocycles. The Kier molecular flexibility index (Phi) is 7.56. The number of hydroxylamine groups is 1. The van der Waals surface area contributed by atoms with Crippen molar-refractivity contribution in [3.05, 3.63) is 89.9 Å². The summed E-state index contributed by atoms with van der Waals surface area (Å²) in [6.07, 6.45) is 4.49. The fourth-order valence-electron chi connectivity index (χ4n) is 3.06. The molecule has 1 atom stereocenters. The van der Waals surface area contributed by atoms with Gasteiger partial charge in [0.1, 0.15) is 26.1 Å². The summed E-state index contributed by atoms with van der Waals surface area (Å²) in [5.41, 5.74) is 5.56. The summed E-state index contributed by atoms with van der Waals surface area (Å²) in [7, 11) is 1.30. The lowest BCUT2D eigenvalue weighted by Crippen LogP contribution is -2.17. The Balaban J connectivity index is 1.56. The van der Waals surface area contributed by atoms with Gasteiger partial charge in [-0.25, -0.2) is 4.79 Å². The molecule has 31 heavy (non-hydrogen) atoms. The fourth-order valence-corrected chi connectivity index (χ4v) is 3.06. The Labute approximate surface area is 179 Å². The molecule has 1 aromatic heterocycles. The number of ether oxygens (including phenoxy) is 1. The number of carboxylic acid groups (broad SMARTS) is 1. The highest BCUT2D eigenvalue weighted by Gasteiger charge is 2.17. The molecule has 0 aliphatic heterocycles. The quantitative estimate of drug-likeness (QED) is 0.290. The van der Waals surface area contributed by atoms with E-state index in [2.05, 4.69) is 20.5 Å². The van der Waals surface area contributed by atoms with Crippen molar-refractivity contribution >= 4 is 22.6 Å². The fraction of sp³-hybridized carbons (Fsp3) is 0.174. The summed E-state index contributed by atoms with van der Waals surface area (Å²) in [5.74, 6) is -1.18. The van der Waals surface area contributed by atoms with Gasteiger partial charge < -0.3 is 14.7 Å². The summed E-state index contributed by atoms with van der Waals surface area (Å²) in [6, 6.07) is 16.7. The first-order valence-corrected chi connectivity index (χ1v) is 9.56. The summed E-state index contributed by atoms with van der Waals surface area (Å²) in [5, 5.41) is 14.0. The Morgan fingerprint density at radius 2 is 1.97 bits per heavy atom. The Bertz CT molecular complexity index is 1090. The predicted molar refractivity (Wildman–Crippen MR) is 116 cm³/mol. The minimum atomic E-state index is -1.18. The number of benzene rings is 2. The van der Waals surface area contributed by atoms with Crippen molar-refractivity contribution in [2.24, 2.45) is 5.16 Å². The van der Waals surface area contributed by atoms with Crippen molar-refractivity contribution in [3.8, 4) is 0 Å². The average molecular weight is 421 g/mol. The Hall–Kier alpha value is -3.91. The molecule has 160 valence electrons. The molecule has 0 bridgehead atoms. The van der Waals surface area contributed by atoms with Crippen LogP contribution in [0.3, 0.4) is 0 Å². The number of nitrogens with zero attached hydrogens (tertiary/aromatic N) is 2. The molecule has 8 heteroatoms. The minimum absolute atomic E-state index is 0.148. The van der Waals surface area contributed by atoms with E-state index in [1.54, 1.807) is 30.5 Å². The highest BCUT2D eigenvalue weighted by atomic mass is 16.7. The first-order chi connectivity index (χ1) is 15.1. The van der Waals surface area contributed by atoms with Gasteiger partial charge in [-0.15, -0.1) is 0 Å². The number of pyridine rings is 1. The van der Waals surface area contributed by atoms with Crippen molar-refractivity contribution in [1.82, 2.24) is 10.5 Å². The number of para-hydroxylation sites is 1. The van der Waals surface area contributed by atoms with Crippen LogP contribution in [0.25, 0.3) is 10.9 Å². The second-order valence-electron chi connectivity index (χ2n) is 6.49. The maximum atomic E-state index is 11.4. The third kappa shape index (κ3) is 5.58. The van der Waals surface area contributed by atoms with Gasteiger partial charge >= 0.3 is 5.97 Å². The highest BCUT2D eigenvalue weighted by molar-refractivity contribution is 6.42. The van der Waals surface area contributed by atoms with Crippen LogP contribution in [0, 0.1) is 0 Å². The van der Waals surface area contributed by atoms with Gasteiger partial charge in [-0.1, -0.05) is 47.6 Å². The molecule has 2 N–H and O–H groups in total. The molecule has 0 amide bonds. The number of aromatic nitrogens is 1. The van der Waals surface area contributed by atoms with E-state index in [0.29, 0.717) is 11.1 Å². The predicted octanol–water partition coefficient (Wildman–Crippen LogP) is 3.94. The number of oxime groups is 1. The molecule has 0 fully saturated rings. The van der Waals surface area contributed by atoms with E-state index in [9.17, 15) is 9.90 Å². The van der Waals surface area contributed by atoms with Crippen LogP contribution >= 0.6 is 0 Å². The summed E-state index contributed by atoms with van der Waals surface area (Å²) < 4.78 is 5.50. The number of hydrogen-bond acceptors (Lipinski definition) is 7. The summed E-state index contributed by atoms with van der Waals surface area (Å²) in [6.45, 7) is 2.08. The lowest BCUT2D eigenvalue weighted by molar-refractivity contribution is -0.129. The topological polar surface area (TPSA) is 102 Å². The van der Waals surface area contributed by atoms with Crippen LogP contribution in [0.5, 0.6) is 0 Å². The molecule has 0 radical (unpaired) electrons. The monoisotopic (exact) mass is 421 g/mol. The second kappa shape index (κ2) is 10.7. The maximum absolute atomic E-state index is 11.4. The normalized spacial score (nSPS) is 12.6. The number of fused-ring (bicyclic) bond motifs is 1. The molecule has 0 aliphatic carbocycles. The summed E-state index contributed by atoms with van der Waals surface area (Å²) >= 11 is 0. The van der Waals surface area contributed by atoms with E-state index >= 15 is 0 Å². The maximum Gasteiger partial charge on any atom is 0.358 e. The first-order valence-electron chi connectivity index (χ1n) is 9.56. The van der Waals surface area contributed by atoms with Crippen LogP contribution < -0.4 is 5.48 Å². The van der Waals surface area contributed by atoms with E-state index in [4.69, 9.17) is 9.57 Å². The lowest BCUT2D eigenvalue weighted by Gasteiger charge is -2.14. The molecule has 0 spiro atoms. The number of aliphatic carboxylic acids is 1. The van der Waals surface area contributed by atoms with Gasteiger partial charge in [-0.05, 0) is 30.2 Å². The van der Waals surface area contributed by atoms with E-state index in [0.717, 1.165) is 16.5 Å². The summed E-state index contributed by atoms with van der Waals surface area (Å²) in [4.78, 5) is 26.1. The van der Waals surface area contributed by atoms with E-state index in [1.165, 1.54) is 19.6 Å². The van der Waals surface area contributed by atoms with E-state index in [-0.39, 0.29) is 18.4 Å². The van der Waals surface area contributed by atoms with Gasteiger partial charge in [0.15, 0.2) is 5.71 Å². The number of carbonyl (C=O) groups is 1. The van der Waals surface area contributed by atoms with Crippen LogP contribution in [0.2, 0.25) is 0 Å². The van der Waals surface area contributed by atoms with Gasteiger partial charge in [0.25, 0.3) is 0 Å². The number of nitrogens with one attached hydrogen (secondary N) is 1. The number of carboxylic acids is 1. The first kappa shape index (κ1) is 21.8. The molecular weight excluding hydrogens is 398 g/mol. The molecule has 0 aliphatic rings. The second-order valence-corrected chi connectivity index (χ2v) is 6.49. The van der Waals surface area contributed by atoms with Crippen LogP contribution in [0.15, 0.2) is 78.4 Å². The van der Waals surface area contributed by atoms with Gasteiger partial charge in [0.05, 0.1) is 11.7 Å². The minimum Gasteiger partial charge on any atom is -0.495 e. The Morgan fingerprint density at radius 3 is 2.77 bits per heavy atom. The van der Waals surface area contributed by atoms with Crippen LogP contribution in [-0.4, -0.2) is 28.9 Å². The molecule has 1 unspecified atom stereocenters. The van der Waals surface area contributed by atoms with Crippen molar-refractivity contribution in [3.63, 3.8) is 0 Å². The van der Waals surface area contributed by atoms with Gasteiger partial charge in [0.2, 0.25) is 0 Å². The molecule has 3 rings (SSSR count). The third-order valence-corrected chi connectivity index (χ3v) is 4.49. The molecule has 0 saturated carbocycles. The zero-order valence-electron chi connectivity index (χ0n) is 17.2. The number of hydrogen-bond donors (Lipinski definition) is 2. The largest absolute Gasteiger partial charge is 0.495 e. The lowest BCUT2D eigenvalue weighted by atomic mass is 10.0. The van der Waals surface area contributed by atoms with Crippen LogP contribution in [0.1, 0.15) is 29.7 Å². The number of rotatable bonds is 10. The van der Waals surface area contributed by atoms with Gasteiger partial charge in [-0.2, -0.15) is 0 Å². The average Bonchev–Trinajstić information content (AvgIpc) is 2.79. The third-order valence-electron chi connectivity index (χ3n) is 4.49. The van der Waals surface area contributed by atoms with E-state index in [1.807, 2.05) is 37.3 Å². The molecule has 3 aromatic rings. The van der Waals surface area contributed by atoms with Crippen molar-refractivity contribution < 1.29 is 24.3 Å². The van der Waals surface area contributed by atoms with Crippen LogP contribution in [-0.2, 0) is 25.8 Å². The van der Waals surface area contributed by atoms with E-state index < -0.39 is 5.97 Å².